The van der Waals surface area contributed by atoms with Crippen LogP contribution in [-0.4, -0.2) is 14.1 Å². The van der Waals surface area contributed by atoms with Gasteiger partial charge in [0.1, 0.15) is 0 Å². The van der Waals surface area contributed by atoms with Crippen LogP contribution in [0.5, 0.6) is 0 Å². The number of anilines is 1. The standard InChI is InChI=1S/C43H49N3/c1-8-11-15-29-24-30-21-23-45-28-43(27-31-19-20-32(44(6)7)26-33(31)37-18-12-13-22-46(37)43)42(9-2,10-3)35-17-14-16-34-39(35)40(45)38(30)36(25-29)41(34,4)5/h12-14,16-26H,8-11,15,27-28H2,1-7H3/q+2. The zero-order valence-corrected chi connectivity index (χ0v) is 28.9. The van der Waals surface area contributed by atoms with Gasteiger partial charge < -0.3 is 4.90 Å². The summed E-state index contributed by atoms with van der Waals surface area (Å²) in [4.78, 5) is 2.23. The van der Waals surface area contributed by atoms with E-state index in [4.69, 9.17) is 0 Å². The highest BCUT2D eigenvalue weighted by atomic mass is 15.2. The lowest BCUT2D eigenvalue weighted by Crippen LogP contribution is -2.74. The summed E-state index contributed by atoms with van der Waals surface area (Å²) in [6, 6.07) is 28.8. The van der Waals surface area contributed by atoms with Crippen LogP contribution in [0.3, 0.4) is 0 Å². The van der Waals surface area contributed by atoms with Gasteiger partial charge in [-0.3, -0.25) is 0 Å². The van der Waals surface area contributed by atoms with Gasteiger partial charge in [0, 0.05) is 49.8 Å². The fourth-order valence-electron chi connectivity index (χ4n) is 9.98. The number of benzene rings is 3. The summed E-state index contributed by atoms with van der Waals surface area (Å²) in [6.45, 7) is 13.1. The third kappa shape index (κ3) is 3.72. The normalized spacial score (nSPS) is 19.5. The van der Waals surface area contributed by atoms with Gasteiger partial charge in [0.05, 0.1) is 21.9 Å². The SMILES string of the molecule is CCCCc1cc2c3c4[n+](ccc3c1)CC1(Cc3ccc(N(C)C)cc3-c3cccc[n+]31)C(CC)(CC)c1cccc(c1-4)C2(C)C. The number of hydrogen-bond donors (Lipinski definition) is 0. The number of rotatable bonds is 6. The van der Waals surface area contributed by atoms with Crippen molar-refractivity contribution >= 4 is 16.5 Å². The van der Waals surface area contributed by atoms with E-state index in [2.05, 4.69) is 148 Å². The van der Waals surface area contributed by atoms with Crippen molar-refractivity contribution in [1.82, 2.24) is 0 Å². The van der Waals surface area contributed by atoms with Crippen LogP contribution in [0.2, 0.25) is 0 Å². The van der Waals surface area contributed by atoms with Gasteiger partial charge in [-0.1, -0.05) is 77.4 Å². The second-order valence-corrected chi connectivity index (χ2v) is 15.0. The monoisotopic (exact) mass is 607 g/mol. The summed E-state index contributed by atoms with van der Waals surface area (Å²) in [5.41, 5.74) is 14.0. The van der Waals surface area contributed by atoms with Crippen molar-refractivity contribution in [2.24, 2.45) is 0 Å². The fraction of sp³-hybridized carbons (Fsp3) is 0.395. The van der Waals surface area contributed by atoms with E-state index in [-0.39, 0.29) is 16.4 Å². The minimum absolute atomic E-state index is 0.0793. The molecule has 3 aromatic carbocycles. The largest absolute Gasteiger partial charge is 0.378 e. The highest BCUT2D eigenvalue weighted by molar-refractivity contribution is 6.01. The first-order valence-corrected chi connectivity index (χ1v) is 17.7. The third-order valence-corrected chi connectivity index (χ3v) is 12.4. The molecule has 1 aliphatic carbocycles. The molecular formula is C43H49N3+2. The first-order chi connectivity index (χ1) is 22.2. The quantitative estimate of drug-likeness (QED) is 0.176. The maximum absolute atomic E-state index is 2.71. The van der Waals surface area contributed by atoms with Gasteiger partial charge in [-0.2, -0.15) is 9.13 Å². The molecule has 1 unspecified atom stereocenters. The Balaban J connectivity index is 1.49. The minimum atomic E-state index is -0.188. The van der Waals surface area contributed by atoms with Gasteiger partial charge in [-0.15, -0.1) is 0 Å². The topological polar surface area (TPSA) is 11.0 Å². The maximum atomic E-state index is 2.71. The van der Waals surface area contributed by atoms with Crippen molar-refractivity contribution in [2.75, 3.05) is 19.0 Å². The molecule has 2 aromatic heterocycles. The molecule has 46 heavy (non-hydrogen) atoms. The molecule has 3 aliphatic rings. The summed E-state index contributed by atoms with van der Waals surface area (Å²) in [6.07, 6.45) is 11.6. The molecule has 0 amide bonds. The lowest BCUT2D eigenvalue weighted by molar-refractivity contribution is -0.831. The summed E-state index contributed by atoms with van der Waals surface area (Å²) in [7, 11) is 4.29. The zero-order valence-electron chi connectivity index (χ0n) is 28.9. The molecule has 3 heteroatoms. The number of unbranched alkanes of at least 4 members (excludes halogenated alkanes) is 1. The maximum Gasteiger partial charge on any atom is 0.239 e. The Hall–Kier alpha value is -3.98. The van der Waals surface area contributed by atoms with E-state index in [0.717, 1.165) is 32.2 Å². The highest BCUT2D eigenvalue weighted by Crippen LogP contribution is 2.57. The summed E-state index contributed by atoms with van der Waals surface area (Å²) in [5, 5.41) is 2.87. The predicted molar refractivity (Wildman–Crippen MR) is 191 cm³/mol. The Labute approximate surface area is 275 Å². The number of fused-ring (bicyclic) bond motifs is 4. The molecule has 0 radical (unpaired) electrons. The van der Waals surface area contributed by atoms with Crippen molar-refractivity contribution in [3.63, 3.8) is 0 Å². The van der Waals surface area contributed by atoms with Gasteiger partial charge >= 0.3 is 0 Å². The first-order valence-electron chi connectivity index (χ1n) is 17.7. The molecule has 0 bridgehead atoms. The van der Waals surface area contributed by atoms with Gasteiger partial charge in [0.15, 0.2) is 12.4 Å². The molecule has 2 aliphatic heterocycles. The first kappa shape index (κ1) is 29.4. The van der Waals surface area contributed by atoms with Crippen LogP contribution in [-0.2, 0) is 35.8 Å². The highest BCUT2D eigenvalue weighted by Gasteiger charge is 2.66. The van der Waals surface area contributed by atoms with Gasteiger partial charge in [-0.25, -0.2) is 0 Å². The van der Waals surface area contributed by atoms with Gasteiger partial charge in [0.25, 0.3) is 0 Å². The van der Waals surface area contributed by atoms with Crippen molar-refractivity contribution in [3.8, 4) is 22.5 Å². The summed E-state index contributed by atoms with van der Waals surface area (Å²) >= 11 is 0. The van der Waals surface area contributed by atoms with E-state index in [1.54, 1.807) is 0 Å². The Morgan fingerprint density at radius 1 is 0.804 bits per heavy atom. The number of aromatic nitrogens is 2. The minimum Gasteiger partial charge on any atom is -0.378 e. The zero-order chi connectivity index (χ0) is 32.0. The van der Waals surface area contributed by atoms with E-state index < -0.39 is 0 Å². The smallest absolute Gasteiger partial charge is 0.239 e. The van der Waals surface area contributed by atoms with E-state index in [0.29, 0.717) is 0 Å². The Bertz CT molecular complexity index is 2030. The molecule has 0 N–H and O–H groups in total. The van der Waals surface area contributed by atoms with Crippen molar-refractivity contribution in [1.29, 1.82) is 0 Å². The third-order valence-electron chi connectivity index (χ3n) is 12.4. The number of nitrogens with zero attached hydrogens (tertiary/aromatic N) is 3. The molecule has 0 saturated heterocycles. The Morgan fingerprint density at radius 2 is 1.61 bits per heavy atom. The molecular weight excluding hydrogens is 558 g/mol. The van der Waals surface area contributed by atoms with Gasteiger partial charge in [0.2, 0.25) is 23.5 Å². The van der Waals surface area contributed by atoms with Crippen LogP contribution in [0.15, 0.2) is 85.2 Å². The second-order valence-electron chi connectivity index (χ2n) is 15.0. The summed E-state index contributed by atoms with van der Waals surface area (Å²) in [5.74, 6) is 0. The lowest BCUT2D eigenvalue weighted by Gasteiger charge is -2.46. The Kier molecular flexibility index (Phi) is 6.56. The van der Waals surface area contributed by atoms with E-state index in [9.17, 15) is 0 Å². The average Bonchev–Trinajstić information content (AvgIpc) is 3.17. The van der Waals surface area contributed by atoms with Crippen LogP contribution in [0.4, 0.5) is 5.69 Å². The number of aryl methyl sites for hydroxylation is 1. The molecule has 1 spiro atoms. The van der Waals surface area contributed by atoms with E-state index in [1.807, 2.05) is 0 Å². The molecule has 5 aromatic rings. The summed E-state index contributed by atoms with van der Waals surface area (Å²) < 4.78 is 5.38. The second kappa shape index (κ2) is 10.3. The molecule has 3 nitrogen and oxygen atoms in total. The molecule has 0 saturated carbocycles. The molecule has 4 heterocycles. The molecule has 0 fully saturated rings. The Morgan fingerprint density at radius 3 is 2.37 bits per heavy atom. The van der Waals surface area contributed by atoms with E-state index >= 15 is 0 Å². The molecule has 8 rings (SSSR count). The van der Waals surface area contributed by atoms with Crippen LogP contribution < -0.4 is 14.0 Å². The molecule has 234 valence electrons. The molecule has 1 atom stereocenters. The lowest BCUT2D eigenvalue weighted by atomic mass is 9.56. The van der Waals surface area contributed by atoms with Crippen molar-refractivity contribution < 1.29 is 9.13 Å². The average molecular weight is 608 g/mol. The predicted octanol–water partition coefficient (Wildman–Crippen LogP) is 8.82. The van der Waals surface area contributed by atoms with Crippen LogP contribution in [0.25, 0.3) is 33.3 Å². The number of hydrogen-bond acceptors (Lipinski definition) is 1. The fourth-order valence-corrected chi connectivity index (χ4v) is 9.98. The van der Waals surface area contributed by atoms with Crippen molar-refractivity contribution in [3.05, 3.63) is 113 Å². The van der Waals surface area contributed by atoms with Gasteiger partial charge in [-0.05, 0) is 77.1 Å². The van der Waals surface area contributed by atoms with Crippen LogP contribution in [0.1, 0.15) is 88.1 Å². The van der Waals surface area contributed by atoms with E-state index in [1.165, 1.54) is 79.6 Å². The number of pyridine rings is 2. The van der Waals surface area contributed by atoms with Crippen LogP contribution >= 0.6 is 0 Å². The van der Waals surface area contributed by atoms with Crippen LogP contribution in [0, 0.1) is 0 Å². The van der Waals surface area contributed by atoms with Crippen molar-refractivity contribution in [2.45, 2.75) is 96.1 Å².